The molecular weight excluding hydrogens is 268 g/mol. The van der Waals surface area contributed by atoms with Crippen LogP contribution in [0.2, 0.25) is 0 Å². The fourth-order valence-electron chi connectivity index (χ4n) is 2.10. The van der Waals surface area contributed by atoms with Crippen LogP contribution in [-0.2, 0) is 0 Å². The smallest absolute Gasteiger partial charge is 0.119 e. The average Bonchev–Trinajstić information content (AvgIpc) is 2.83. The van der Waals surface area contributed by atoms with Crippen LogP contribution < -0.4 is 10.1 Å². The lowest BCUT2D eigenvalue weighted by atomic mass is 10.1. The summed E-state index contributed by atoms with van der Waals surface area (Å²) in [6, 6.07) is 8.76. The zero-order chi connectivity index (χ0) is 14.5. The van der Waals surface area contributed by atoms with E-state index in [1.807, 2.05) is 26.0 Å². The second-order valence-electron chi connectivity index (χ2n) is 5.09. The number of nitrogens with zero attached hydrogens (tertiary/aromatic N) is 1. The maximum absolute atomic E-state index is 5.60. The minimum atomic E-state index is 0.120. The summed E-state index contributed by atoms with van der Waals surface area (Å²) in [5, 5.41) is 6.78. The molecular formula is C16H22N2OS. The van der Waals surface area contributed by atoms with Crippen molar-refractivity contribution < 1.29 is 4.74 Å². The van der Waals surface area contributed by atoms with Crippen LogP contribution in [0.3, 0.4) is 0 Å². The minimum absolute atomic E-state index is 0.120. The molecule has 1 heterocycles. The van der Waals surface area contributed by atoms with Crippen LogP contribution >= 0.6 is 11.3 Å². The van der Waals surface area contributed by atoms with Gasteiger partial charge >= 0.3 is 0 Å². The molecule has 1 aromatic heterocycles. The van der Waals surface area contributed by atoms with Gasteiger partial charge in [-0.1, -0.05) is 12.1 Å². The normalized spacial score (nSPS) is 12.7. The van der Waals surface area contributed by atoms with E-state index >= 15 is 0 Å². The summed E-state index contributed by atoms with van der Waals surface area (Å²) in [5.74, 6) is 0.911. The second-order valence-corrected chi connectivity index (χ2v) is 5.98. The van der Waals surface area contributed by atoms with Gasteiger partial charge in [-0.05, 0) is 45.4 Å². The van der Waals surface area contributed by atoms with Gasteiger partial charge < -0.3 is 10.1 Å². The molecule has 20 heavy (non-hydrogen) atoms. The Balaban J connectivity index is 2.33. The van der Waals surface area contributed by atoms with Crippen LogP contribution in [0, 0.1) is 6.92 Å². The number of benzene rings is 1. The van der Waals surface area contributed by atoms with E-state index in [2.05, 4.69) is 41.7 Å². The number of aryl methyl sites for hydroxylation is 1. The lowest BCUT2D eigenvalue weighted by Crippen LogP contribution is -2.28. The fraction of sp³-hybridized carbons (Fsp3) is 0.438. The highest BCUT2D eigenvalue weighted by atomic mass is 32.1. The number of hydrogen-bond acceptors (Lipinski definition) is 4. The minimum Gasteiger partial charge on any atom is -0.494 e. The summed E-state index contributed by atoms with van der Waals surface area (Å²) < 4.78 is 5.60. The molecule has 108 valence electrons. The zero-order valence-electron chi connectivity index (χ0n) is 12.5. The predicted molar refractivity (Wildman–Crippen MR) is 84.6 cm³/mol. The molecule has 1 unspecified atom stereocenters. The van der Waals surface area contributed by atoms with E-state index in [-0.39, 0.29) is 6.04 Å². The van der Waals surface area contributed by atoms with Crippen molar-refractivity contribution in [2.24, 2.45) is 0 Å². The van der Waals surface area contributed by atoms with Crippen LogP contribution in [0.25, 0.3) is 0 Å². The zero-order valence-corrected chi connectivity index (χ0v) is 13.3. The van der Waals surface area contributed by atoms with Crippen LogP contribution in [0.4, 0.5) is 0 Å². The maximum Gasteiger partial charge on any atom is 0.119 e. The van der Waals surface area contributed by atoms with E-state index in [1.165, 1.54) is 5.56 Å². The van der Waals surface area contributed by atoms with E-state index in [9.17, 15) is 0 Å². The number of aromatic nitrogens is 1. The highest BCUT2D eigenvalue weighted by Gasteiger charge is 2.18. The topological polar surface area (TPSA) is 34.1 Å². The van der Waals surface area contributed by atoms with Crippen LogP contribution in [-0.4, -0.2) is 17.6 Å². The van der Waals surface area contributed by atoms with Gasteiger partial charge in [0, 0.05) is 17.1 Å². The van der Waals surface area contributed by atoms with Gasteiger partial charge in [0.15, 0.2) is 0 Å². The molecule has 0 amide bonds. The van der Waals surface area contributed by atoms with E-state index in [0.717, 1.165) is 16.5 Å². The van der Waals surface area contributed by atoms with Gasteiger partial charge in [0.2, 0.25) is 0 Å². The van der Waals surface area contributed by atoms with Crippen molar-refractivity contribution in [2.75, 3.05) is 6.61 Å². The number of nitrogens with one attached hydrogen (secondary N) is 1. The molecule has 0 saturated heterocycles. The average molecular weight is 290 g/mol. The summed E-state index contributed by atoms with van der Waals surface area (Å²) in [7, 11) is 0. The molecule has 1 N–H and O–H groups in total. The van der Waals surface area contributed by atoms with Gasteiger partial charge in [0.05, 0.1) is 12.6 Å². The highest BCUT2D eigenvalue weighted by Crippen LogP contribution is 2.28. The van der Waals surface area contributed by atoms with Gasteiger partial charge in [-0.25, -0.2) is 4.98 Å². The standard InChI is InChI=1S/C16H22N2OS/c1-5-19-14-8-6-7-13(9-14)15(17-11(2)3)16-18-12(4)10-20-16/h6-11,15,17H,5H2,1-4H3. The van der Waals surface area contributed by atoms with Crippen molar-refractivity contribution in [3.05, 3.63) is 45.9 Å². The van der Waals surface area contributed by atoms with Crippen molar-refractivity contribution in [3.8, 4) is 5.75 Å². The van der Waals surface area contributed by atoms with Gasteiger partial charge in [0.25, 0.3) is 0 Å². The Kier molecular flexibility index (Phi) is 5.15. The van der Waals surface area contributed by atoms with Crippen molar-refractivity contribution in [1.29, 1.82) is 0 Å². The van der Waals surface area contributed by atoms with E-state index < -0.39 is 0 Å². The molecule has 0 aliphatic rings. The van der Waals surface area contributed by atoms with E-state index in [1.54, 1.807) is 11.3 Å². The SMILES string of the molecule is CCOc1cccc(C(NC(C)C)c2nc(C)cs2)c1. The lowest BCUT2D eigenvalue weighted by Gasteiger charge is -2.20. The first-order valence-electron chi connectivity index (χ1n) is 7.01. The lowest BCUT2D eigenvalue weighted by molar-refractivity contribution is 0.339. The quantitative estimate of drug-likeness (QED) is 0.875. The molecule has 0 fully saturated rings. The summed E-state index contributed by atoms with van der Waals surface area (Å²) in [4.78, 5) is 4.63. The monoisotopic (exact) mass is 290 g/mol. The third-order valence-electron chi connectivity index (χ3n) is 2.89. The van der Waals surface area contributed by atoms with E-state index in [4.69, 9.17) is 4.74 Å². The second kappa shape index (κ2) is 6.86. The molecule has 0 radical (unpaired) electrons. The van der Waals surface area contributed by atoms with Gasteiger partial charge in [-0.15, -0.1) is 11.3 Å². The molecule has 0 spiro atoms. The van der Waals surface area contributed by atoms with Crippen molar-refractivity contribution in [2.45, 2.75) is 39.8 Å². The van der Waals surface area contributed by atoms with Crippen LogP contribution in [0.1, 0.15) is 43.1 Å². The number of thiazole rings is 1. The summed E-state index contributed by atoms with van der Waals surface area (Å²) in [5.41, 5.74) is 2.26. The Morgan fingerprint density at radius 1 is 1.35 bits per heavy atom. The fourth-order valence-corrected chi connectivity index (χ4v) is 2.98. The predicted octanol–water partition coefficient (Wildman–Crippen LogP) is 3.94. The molecule has 0 bridgehead atoms. The highest BCUT2D eigenvalue weighted by molar-refractivity contribution is 7.09. The van der Waals surface area contributed by atoms with Crippen molar-refractivity contribution in [3.63, 3.8) is 0 Å². The largest absolute Gasteiger partial charge is 0.494 e. The van der Waals surface area contributed by atoms with Gasteiger partial charge in [0.1, 0.15) is 10.8 Å². The van der Waals surface area contributed by atoms with Gasteiger partial charge in [-0.2, -0.15) is 0 Å². The molecule has 1 aromatic carbocycles. The molecule has 2 aromatic rings. The summed E-state index contributed by atoms with van der Waals surface area (Å²) in [6.07, 6.45) is 0. The number of ether oxygens (including phenoxy) is 1. The molecule has 0 aliphatic heterocycles. The Hall–Kier alpha value is -1.39. The summed E-state index contributed by atoms with van der Waals surface area (Å²) >= 11 is 1.70. The summed E-state index contributed by atoms with van der Waals surface area (Å²) in [6.45, 7) is 9.02. The van der Waals surface area contributed by atoms with E-state index in [0.29, 0.717) is 12.6 Å². The molecule has 2 rings (SSSR count). The molecule has 0 saturated carbocycles. The Morgan fingerprint density at radius 3 is 2.75 bits per heavy atom. The third-order valence-corrected chi connectivity index (χ3v) is 3.91. The van der Waals surface area contributed by atoms with Gasteiger partial charge in [-0.3, -0.25) is 0 Å². The van der Waals surface area contributed by atoms with Crippen LogP contribution in [0.5, 0.6) is 5.75 Å². The number of rotatable bonds is 6. The molecule has 0 aliphatic carbocycles. The first-order chi connectivity index (χ1) is 9.60. The maximum atomic E-state index is 5.60. The van der Waals surface area contributed by atoms with Crippen molar-refractivity contribution in [1.82, 2.24) is 10.3 Å². The third kappa shape index (κ3) is 3.81. The first-order valence-corrected chi connectivity index (χ1v) is 7.89. The Morgan fingerprint density at radius 2 is 2.15 bits per heavy atom. The Bertz CT molecular complexity index is 551. The van der Waals surface area contributed by atoms with Crippen LogP contribution in [0.15, 0.2) is 29.6 Å². The molecule has 1 atom stereocenters. The molecule has 3 nitrogen and oxygen atoms in total. The number of hydrogen-bond donors (Lipinski definition) is 1. The Labute approximate surface area is 125 Å². The first kappa shape index (κ1) is 15.0. The molecule has 4 heteroatoms. The van der Waals surface area contributed by atoms with Crippen molar-refractivity contribution >= 4 is 11.3 Å².